The molecule has 1 aromatic rings. The van der Waals surface area contributed by atoms with E-state index in [2.05, 4.69) is 9.97 Å². The summed E-state index contributed by atoms with van der Waals surface area (Å²) < 4.78 is 0. The number of aromatic nitrogens is 2. The first-order valence-corrected chi connectivity index (χ1v) is 3.64. The SMILES string of the molecule is CC(C)c1[nH]c(=O)ncc1C#N. The van der Waals surface area contributed by atoms with Gasteiger partial charge in [0.1, 0.15) is 6.07 Å². The van der Waals surface area contributed by atoms with E-state index in [9.17, 15) is 4.79 Å². The smallest absolute Gasteiger partial charge is 0.308 e. The lowest BCUT2D eigenvalue weighted by atomic mass is 10.1. The monoisotopic (exact) mass is 163 g/mol. The van der Waals surface area contributed by atoms with Crippen molar-refractivity contribution >= 4 is 0 Å². The van der Waals surface area contributed by atoms with E-state index in [1.807, 2.05) is 19.9 Å². The molecular weight excluding hydrogens is 154 g/mol. The van der Waals surface area contributed by atoms with Gasteiger partial charge < -0.3 is 4.98 Å². The fourth-order valence-corrected chi connectivity index (χ4v) is 0.952. The van der Waals surface area contributed by atoms with Gasteiger partial charge in [-0.1, -0.05) is 13.8 Å². The molecule has 0 radical (unpaired) electrons. The van der Waals surface area contributed by atoms with Gasteiger partial charge in [-0.2, -0.15) is 5.26 Å². The molecule has 0 aliphatic rings. The van der Waals surface area contributed by atoms with Crippen LogP contribution in [0.5, 0.6) is 0 Å². The molecule has 0 bridgehead atoms. The average molecular weight is 163 g/mol. The Kier molecular flexibility index (Phi) is 2.24. The summed E-state index contributed by atoms with van der Waals surface area (Å²) in [5.74, 6) is 0.135. The van der Waals surface area contributed by atoms with E-state index in [1.165, 1.54) is 6.20 Å². The number of nitrogens with one attached hydrogen (secondary N) is 1. The zero-order valence-electron chi connectivity index (χ0n) is 6.96. The molecule has 0 unspecified atom stereocenters. The average Bonchev–Trinajstić information content (AvgIpc) is 2.04. The molecule has 0 saturated carbocycles. The van der Waals surface area contributed by atoms with Crippen molar-refractivity contribution in [3.05, 3.63) is 27.9 Å². The van der Waals surface area contributed by atoms with Crippen molar-refractivity contribution < 1.29 is 0 Å². The summed E-state index contributed by atoms with van der Waals surface area (Å²) in [7, 11) is 0. The Morgan fingerprint density at radius 1 is 1.67 bits per heavy atom. The van der Waals surface area contributed by atoms with Gasteiger partial charge in [-0.15, -0.1) is 0 Å². The summed E-state index contributed by atoms with van der Waals surface area (Å²) in [4.78, 5) is 16.8. The first-order valence-electron chi connectivity index (χ1n) is 3.64. The minimum atomic E-state index is -0.405. The quantitative estimate of drug-likeness (QED) is 0.664. The van der Waals surface area contributed by atoms with Crippen molar-refractivity contribution in [3.8, 4) is 6.07 Å². The third-order valence-electron chi connectivity index (χ3n) is 1.54. The van der Waals surface area contributed by atoms with Crippen LogP contribution in [0.2, 0.25) is 0 Å². The maximum absolute atomic E-state index is 10.8. The number of nitriles is 1. The number of nitrogens with zero attached hydrogens (tertiary/aromatic N) is 2. The number of hydrogen-bond donors (Lipinski definition) is 1. The van der Waals surface area contributed by atoms with Gasteiger partial charge >= 0.3 is 5.69 Å². The van der Waals surface area contributed by atoms with Gasteiger partial charge in [0.05, 0.1) is 11.8 Å². The van der Waals surface area contributed by atoms with E-state index in [4.69, 9.17) is 5.26 Å². The highest BCUT2D eigenvalue weighted by Crippen LogP contribution is 2.12. The predicted octanol–water partition coefficient (Wildman–Crippen LogP) is 0.765. The highest BCUT2D eigenvalue weighted by Gasteiger charge is 2.06. The Balaban J connectivity index is 3.34. The van der Waals surface area contributed by atoms with Gasteiger partial charge in [-0.25, -0.2) is 9.78 Å². The van der Waals surface area contributed by atoms with Crippen LogP contribution in [0, 0.1) is 11.3 Å². The maximum Gasteiger partial charge on any atom is 0.345 e. The van der Waals surface area contributed by atoms with Gasteiger partial charge in [-0.3, -0.25) is 0 Å². The van der Waals surface area contributed by atoms with Crippen LogP contribution in [0.25, 0.3) is 0 Å². The van der Waals surface area contributed by atoms with Crippen molar-refractivity contribution in [1.82, 2.24) is 9.97 Å². The number of hydrogen-bond acceptors (Lipinski definition) is 3. The molecule has 0 fully saturated rings. The van der Waals surface area contributed by atoms with Gasteiger partial charge in [-0.05, 0) is 5.92 Å². The molecule has 0 saturated heterocycles. The van der Waals surface area contributed by atoms with Crippen molar-refractivity contribution in [1.29, 1.82) is 5.26 Å². The van der Waals surface area contributed by atoms with Crippen LogP contribution in [0.3, 0.4) is 0 Å². The lowest BCUT2D eigenvalue weighted by Crippen LogP contribution is -2.14. The van der Waals surface area contributed by atoms with E-state index >= 15 is 0 Å². The molecule has 62 valence electrons. The standard InChI is InChI=1S/C8H9N3O/c1-5(2)7-6(3-9)4-10-8(12)11-7/h4-5H,1-2H3,(H,10,11,12). The lowest BCUT2D eigenvalue weighted by molar-refractivity contribution is 0.796. The summed E-state index contributed by atoms with van der Waals surface area (Å²) in [5, 5.41) is 8.65. The largest absolute Gasteiger partial charge is 0.345 e. The Morgan fingerprint density at radius 2 is 2.33 bits per heavy atom. The first kappa shape index (κ1) is 8.47. The number of aromatic amines is 1. The zero-order valence-corrected chi connectivity index (χ0v) is 6.96. The van der Waals surface area contributed by atoms with Crippen LogP contribution in [-0.4, -0.2) is 9.97 Å². The lowest BCUT2D eigenvalue weighted by Gasteiger charge is -2.04. The molecule has 4 nitrogen and oxygen atoms in total. The Morgan fingerprint density at radius 3 is 2.83 bits per heavy atom. The molecule has 0 aliphatic carbocycles. The molecule has 0 aromatic carbocycles. The molecule has 1 N–H and O–H groups in total. The van der Waals surface area contributed by atoms with E-state index in [-0.39, 0.29) is 5.92 Å². The van der Waals surface area contributed by atoms with Crippen molar-refractivity contribution in [2.45, 2.75) is 19.8 Å². The Hall–Kier alpha value is -1.63. The van der Waals surface area contributed by atoms with Crippen LogP contribution < -0.4 is 5.69 Å². The van der Waals surface area contributed by atoms with E-state index in [0.717, 1.165) is 0 Å². The second-order valence-corrected chi connectivity index (χ2v) is 2.78. The van der Waals surface area contributed by atoms with Crippen molar-refractivity contribution in [2.24, 2.45) is 0 Å². The summed E-state index contributed by atoms with van der Waals surface area (Å²) >= 11 is 0. The highest BCUT2D eigenvalue weighted by molar-refractivity contribution is 5.31. The highest BCUT2D eigenvalue weighted by atomic mass is 16.1. The Bertz CT molecular complexity index is 373. The van der Waals surface area contributed by atoms with Crippen LogP contribution in [-0.2, 0) is 0 Å². The first-order chi connectivity index (χ1) is 5.65. The third-order valence-corrected chi connectivity index (χ3v) is 1.54. The van der Waals surface area contributed by atoms with Crippen molar-refractivity contribution in [2.75, 3.05) is 0 Å². The molecular formula is C8H9N3O. The van der Waals surface area contributed by atoms with Gasteiger partial charge in [0, 0.05) is 5.69 Å². The minimum absolute atomic E-state index is 0.135. The molecule has 4 heteroatoms. The normalized spacial score (nSPS) is 9.83. The molecule has 0 amide bonds. The number of H-pyrrole nitrogens is 1. The fourth-order valence-electron chi connectivity index (χ4n) is 0.952. The number of rotatable bonds is 1. The Labute approximate surface area is 69.9 Å². The summed E-state index contributed by atoms with van der Waals surface area (Å²) in [6, 6.07) is 1.97. The molecule has 0 spiro atoms. The zero-order chi connectivity index (χ0) is 9.14. The molecule has 1 aromatic heterocycles. The summed E-state index contributed by atoms with van der Waals surface area (Å²) in [6.45, 7) is 3.82. The maximum atomic E-state index is 10.8. The molecule has 1 rings (SSSR count). The van der Waals surface area contributed by atoms with Crippen LogP contribution in [0.1, 0.15) is 31.0 Å². The fraction of sp³-hybridized carbons (Fsp3) is 0.375. The second kappa shape index (κ2) is 3.18. The van der Waals surface area contributed by atoms with Crippen molar-refractivity contribution in [3.63, 3.8) is 0 Å². The van der Waals surface area contributed by atoms with E-state index in [0.29, 0.717) is 11.3 Å². The van der Waals surface area contributed by atoms with Crippen LogP contribution >= 0.6 is 0 Å². The van der Waals surface area contributed by atoms with Gasteiger partial charge in [0.25, 0.3) is 0 Å². The van der Waals surface area contributed by atoms with Crippen LogP contribution in [0.15, 0.2) is 11.0 Å². The molecule has 1 heterocycles. The minimum Gasteiger partial charge on any atom is -0.308 e. The molecule has 12 heavy (non-hydrogen) atoms. The summed E-state index contributed by atoms with van der Waals surface area (Å²) in [6.07, 6.45) is 1.30. The predicted molar refractivity (Wildman–Crippen MR) is 43.7 cm³/mol. The third kappa shape index (κ3) is 1.51. The topological polar surface area (TPSA) is 69.5 Å². The molecule has 0 atom stereocenters. The van der Waals surface area contributed by atoms with E-state index in [1.54, 1.807) is 0 Å². The van der Waals surface area contributed by atoms with Gasteiger partial charge in [0.2, 0.25) is 0 Å². The molecule has 0 aliphatic heterocycles. The summed E-state index contributed by atoms with van der Waals surface area (Å²) in [5.41, 5.74) is 0.680. The van der Waals surface area contributed by atoms with Gasteiger partial charge in [0.15, 0.2) is 0 Å². The van der Waals surface area contributed by atoms with E-state index < -0.39 is 5.69 Å². The van der Waals surface area contributed by atoms with Crippen LogP contribution in [0.4, 0.5) is 0 Å². The second-order valence-electron chi connectivity index (χ2n) is 2.78.